The minimum Gasteiger partial charge on any atom is -0.341 e. The molecule has 1 atom stereocenters. The molecular formula is C17H20N6O3S. The lowest BCUT2D eigenvalue weighted by Crippen LogP contribution is -2.41. The molecule has 3 amide bonds. The summed E-state index contributed by atoms with van der Waals surface area (Å²) in [5, 5.41) is 13.4. The number of hydrogen-bond acceptors (Lipinski definition) is 6. The highest BCUT2D eigenvalue weighted by Crippen LogP contribution is 2.25. The minimum absolute atomic E-state index is 0.116. The standard InChI is InChI=1S/C17H20N6O3S/c1-4-9-22-14(25)11-7-5-6-8-12(11)23-16(22)20-21-17(23)27-10(2)13(24)19-15(26)18-3/h5-8,10H,4,9H2,1-3H3,(H2,18,19,24,26). The topological polar surface area (TPSA) is 110 Å². The van der Waals surface area contributed by atoms with E-state index in [4.69, 9.17) is 0 Å². The van der Waals surface area contributed by atoms with Crippen molar-refractivity contribution in [1.82, 2.24) is 29.8 Å². The first kappa shape index (κ1) is 18.9. The number of hydrogen-bond donors (Lipinski definition) is 2. The molecule has 0 aliphatic heterocycles. The Balaban J connectivity index is 2.09. The summed E-state index contributed by atoms with van der Waals surface area (Å²) in [6, 6.07) is 6.66. The van der Waals surface area contributed by atoms with Crippen molar-refractivity contribution in [2.45, 2.75) is 37.2 Å². The molecule has 0 saturated heterocycles. The van der Waals surface area contributed by atoms with Crippen molar-refractivity contribution in [2.24, 2.45) is 0 Å². The second-order valence-corrected chi connectivity index (χ2v) is 7.23. The predicted molar refractivity (Wildman–Crippen MR) is 103 cm³/mol. The quantitative estimate of drug-likeness (QED) is 0.639. The van der Waals surface area contributed by atoms with Gasteiger partial charge < -0.3 is 5.32 Å². The van der Waals surface area contributed by atoms with Crippen LogP contribution in [0, 0.1) is 0 Å². The Bertz CT molecular complexity index is 1070. The highest BCUT2D eigenvalue weighted by atomic mass is 32.2. The molecule has 0 radical (unpaired) electrons. The number of para-hydroxylation sites is 1. The van der Waals surface area contributed by atoms with Crippen LogP contribution in [0.15, 0.2) is 34.2 Å². The number of aryl methyl sites for hydroxylation is 1. The van der Waals surface area contributed by atoms with E-state index in [9.17, 15) is 14.4 Å². The number of rotatable bonds is 5. The summed E-state index contributed by atoms with van der Waals surface area (Å²) in [7, 11) is 1.44. The fourth-order valence-corrected chi connectivity index (χ4v) is 3.58. The number of benzene rings is 1. The number of imide groups is 1. The zero-order valence-electron chi connectivity index (χ0n) is 15.2. The van der Waals surface area contributed by atoms with Crippen LogP contribution in [0.5, 0.6) is 0 Å². The summed E-state index contributed by atoms with van der Waals surface area (Å²) >= 11 is 1.17. The van der Waals surface area contributed by atoms with E-state index in [2.05, 4.69) is 20.8 Å². The van der Waals surface area contributed by atoms with Crippen molar-refractivity contribution in [1.29, 1.82) is 0 Å². The van der Waals surface area contributed by atoms with Crippen LogP contribution in [0.4, 0.5) is 4.79 Å². The molecule has 9 nitrogen and oxygen atoms in total. The lowest BCUT2D eigenvalue weighted by molar-refractivity contribution is -0.119. The Hall–Kier alpha value is -2.88. The van der Waals surface area contributed by atoms with Gasteiger partial charge in [-0.15, -0.1) is 10.2 Å². The molecule has 0 spiro atoms. The number of amides is 3. The van der Waals surface area contributed by atoms with Crippen molar-refractivity contribution in [2.75, 3.05) is 7.05 Å². The number of nitrogens with zero attached hydrogens (tertiary/aromatic N) is 4. The van der Waals surface area contributed by atoms with Crippen LogP contribution in [0.1, 0.15) is 20.3 Å². The van der Waals surface area contributed by atoms with Gasteiger partial charge in [-0.2, -0.15) is 0 Å². The molecule has 1 unspecified atom stereocenters. The third-order valence-electron chi connectivity index (χ3n) is 4.04. The highest BCUT2D eigenvalue weighted by Gasteiger charge is 2.22. The van der Waals surface area contributed by atoms with Gasteiger partial charge in [0, 0.05) is 13.6 Å². The second-order valence-electron chi connectivity index (χ2n) is 5.92. The molecule has 2 aromatic heterocycles. The highest BCUT2D eigenvalue weighted by molar-refractivity contribution is 8.00. The van der Waals surface area contributed by atoms with Crippen LogP contribution in [0.2, 0.25) is 0 Å². The summed E-state index contributed by atoms with van der Waals surface area (Å²) < 4.78 is 3.37. The van der Waals surface area contributed by atoms with E-state index in [-0.39, 0.29) is 5.56 Å². The Labute approximate surface area is 159 Å². The summed E-state index contributed by atoms with van der Waals surface area (Å²) in [5.41, 5.74) is 0.561. The zero-order chi connectivity index (χ0) is 19.6. The summed E-state index contributed by atoms with van der Waals surface area (Å²) in [6.07, 6.45) is 0.772. The van der Waals surface area contributed by atoms with E-state index in [0.29, 0.717) is 28.4 Å². The first-order valence-corrected chi connectivity index (χ1v) is 9.41. The van der Waals surface area contributed by atoms with Gasteiger partial charge in [0.2, 0.25) is 11.7 Å². The van der Waals surface area contributed by atoms with E-state index in [1.807, 2.05) is 25.1 Å². The van der Waals surface area contributed by atoms with Gasteiger partial charge in [0.25, 0.3) is 5.56 Å². The molecule has 10 heteroatoms. The minimum atomic E-state index is -0.583. The van der Waals surface area contributed by atoms with Crippen LogP contribution < -0.4 is 16.2 Å². The van der Waals surface area contributed by atoms with E-state index in [0.717, 1.165) is 6.42 Å². The van der Waals surface area contributed by atoms with E-state index < -0.39 is 17.2 Å². The third-order valence-corrected chi connectivity index (χ3v) is 5.08. The molecule has 0 bridgehead atoms. The summed E-state index contributed by atoms with van der Waals surface area (Å²) in [4.78, 5) is 36.3. The summed E-state index contributed by atoms with van der Waals surface area (Å²) in [6.45, 7) is 4.17. The number of urea groups is 1. The number of aromatic nitrogens is 4. The molecule has 0 fully saturated rings. The smallest absolute Gasteiger partial charge is 0.321 e. The largest absolute Gasteiger partial charge is 0.341 e. The number of carbonyl (C=O) groups excluding carboxylic acids is 2. The van der Waals surface area contributed by atoms with Gasteiger partial charge in [0.1, 0.15) is 0 Å². The van der Waals surface area contributed by atoms with Gasteiger partial charge in [-0.1, -0.05) is 30.8 Å². The Morgan fingerprint density at radius 1 is 1.26 bits per heavy atom. The van der Waals surface area contributed by atoms with E-state index in [1.165, 1.54) is 18.8 Å². The second kappa shape index (κ2) is 7.78. The number of carbonyl (C=O) groups is 2. The zero-order valence-corrected chi connectivity index (χ0v) is 16.0. The van der Waals surface area contributed by atoms with Crippen LogP contribution in [-0.4, -0.2) is 43.4 Å². The molecule has 142 valence electrons. The van der Waals surface area contributed by atoms with Crippen LogP contribution in [0.25, 0.3) is 16.7 Å². The molecule has 1 aromatic carbocycles. The van der Waals surface area contributed by atoms with Crippen molar-refractivity contribution < 1.29 is 9.59 Å². The van der Waals surface area contributed by atoms with Gasteiger partial charge >= 0.3 is 6.03 Å². The first-order chi connectivity index (χ1) is 13.0. The lowest BCUT2D eigenvalue weighted by Gasteiger charge is -2.12. The van der Waals surface area contributed by atoms with Crippen molar-refractivity contribution in [3.8, 4) is 0 Å². The Morgan fingerprint density at radius 2 is 2.00 bits per heavy atom. The van der Waals surface area contributed by atoms with E-state index >= 15 is 0 Å². The third kappa shape index (κ3) is 3.52. The average molecular weight is 388 g/mol. The Morgan fingerprint density at radius 3 is 2.70 bits per heavy atom. The fraction of sp³-hybridized carbons (Fsp3) is 0.353. The molecular weight excluding hydrogens is 368 g/mol. The SMILES string of the molecule is CCCn1c(=O)c2ccccc2n2c(SC(C)C(=O)NC(=O)NC)nnc12. The molecule has 0 aliphatic rings. The summed E-state index contributed by atoms with van der Waals surface area (Å²) in [5.74, 6) is -0.00996. The van der Waals surface area contributed by atoms with Crippen LogP contribution in [0.3, 0.4) is 0 Å². The predicted octanol–water partition coefficient (Wildman–Crippen LogP) is 1.39. The van der Waals surface area contributed by atoms with Crippen molar-refractivity contribution in [3.63, 3.8) is 0 Å². The molecule has 0 aliphatic carbocycles. The van der Waals surface area contributed by atoms with Gasteiger partial charge in [0.05, 0.1) is 16.2 Å². The molecule has 2 N–H and O–H groups in total. The number of thioether (sulfide) groups is 1. The van der Waals surface area contributed by atoms with Gasteiger partial charge in [-0.3, -0.25) is 23.9 Å². The first-order valence-electron chi connectivity index (χ1n) is 8.53. The lowest BCUT2D eigenvalue weighted by atomic mass is 10.2. The van der Waals surface area contributed by atoms with Crippen molar-refractivity contribution in [3.05, 3.63) is 34.6 Å². The van der Waals surface area contributed by atoms with Gasteiger partial charge in [0.15, 0.2) is 5.16 Å². The maximum atomic E-state index is 12.8. The molecule has 0 saturated carbocycles. The van der Waals surface area contributed by atoms with Crippen LogP contribution >= 0.6 is 11.8 Å². The fourth-order valence-electron chi connectivity index (χ4n) is 2.72. The normalized spacial score (nSPS) is 12.3. The molecule has 27 heavy (non-hydrogen) atoms. The van der Waals surface area contributed by atoms with Gasteiger partial charge in [-0.05, 0) is 25.5 Å². The van der Waals surface area contributed by atoms with Crippen LogP contribution in [-0.2, 0) is 11.3 Å². The van der Waals surface area contributed by atoms with Gasteiger partial charge in [-0.25, -0.2) is 4.79 Å². The van der Waals surface area contributed by atoms with Crippen molar-refractivity contribution >= 4 is 40.4 Å². The monoisotopic (exact) mass is 388 g/mol. The van der Waals surface area contributed by atoms with E-state index in [1.54, 1.807) is 22.0 Å². The number of fused-ring (bicyclic) bond motifs is 3. The average Bonchev–Trinajstić information content (AvgIpc) is 3.08. The number of nitrogens with one attached hydrogen (secondary N) is 2. The maximum Gasteiger partial charge on any atom is 0.321 e. The molecule has 3 rings (SSSR count). The maximum absolute atomic E-state index is 12.8. The molecule has 3 aromatic rings. The molecule has 2 heterocycles. The Kier molecular flexibility index (Phi) is 5.45.